The highest BCUT2D eigenvalue weighted by molar-refractivity contribution is 5.91. The van der Waals surface area contributed by atoms with Gasteiger partial charge >= 0.3 is 6.09 Å². The van der Waals surface area contributed by atoms with Gasteiger partial charge in [0.2, 0.25) is 17.8 Å². The fourth-order valence-corrected chi connectivity index (χ4v) is 6.02. The smallest absolute Gasteiger partial charge is 0.407 e. The number of hydrogen-bond donors (Lipinski definition) is 4. The number of nitrogens with zero attached hydrogens (tertiary/aromatic N) is 3. The van der Waals surface area contributed by atoms with Crippen LogP contribution in [0, 0.1) is 5.92 Å². The van der Waals surface area contributed by atoms with Gasteiger partial charge in [0, 0.05) is 6.54 Å². The second kappa shape index (κ2) is 14.4. The quantitative estimate of drug-likeness (QED) is 0.139. The largest absolute Gasteiger partial charge is 0.453 e. The third-order valence-corrected chi connectivity index (χ3v) is 8.60. The maximum Gasteiger partial charge on any atom is 0.407 e. The number of imidazole rings is 2. The van der Waals surface area contributed by atoms with Crippen molar-refractivity contribution in [2.24, 2.45) is 5.92 Å². The van der Waals surface area contributed by atoms with Gasteiger partial charge in [-0.25, -0.2) is 14.8 Å². The molecule has 0 spiro atoms. The number of nitrogens with one attached hydrogen (secondary N) is 4. The number of carbonyl (C=O) groups is 3. The van der Waals surface area contributed by atoms with Crippen molar-refractivity contribution >= 4 is 23.9 Å². The molecule has 2 unspecified atom stereocenters. The summed E-state index contributed by atoms with van der Waals surface area (Å²) in [5.74, 6) is 0.782. The van der Waals surface area contributed by atoms with Crippen molar-refractivity contribution in [1.29, 1.82) is 0 Å². The molecule has 1 saturated heterocycles. The summed E-state index contributed by atoms with van der Waals surface area (Å²) in [6.07, 6.45) is 4.82. The van der Waals surface area contributed by atoms with Crippen molar-refractivity contribution in [1.82, 2.24) is 30.2 Å². The first-order valence-electron chi connectivity index (χ1n) is 16.1. The van der Waals surface area contributed by atoms with Gasteiger partial charge in [-0.05, 0) is 46.6 Å². The zero-order valence-electron chi connectivity index (χ0n) is 27.2. The van der Waals surface area contributed by atoms with Gasteiger partial charge in [0.15, 0.2) is 0 Å². The number of hydrogen-bond acceptors (Lipinski definition) is 6. The third-order valence-electron chi connectivity index (χ3n) is 8.60. The van der Waals surface area contributed by atoms with E-state index in [0.29, 0.717) is 12.5 Å². The SMILES string of the molecule is COC(=O)NC(C(=O)N1CCCC1c1ncc(-c2ccc(-c3ccc(-c4cnc(NC(=O)Cc5ccccc5)[nH]4)cc3)cc2)[nH]1)C(C)C. The number of aromatic nitrogens is 4. The lowest BCUT2D eigenvalue weighted by atomic mass is 10.0. The van der Waals surface area contributed by atoms with Crippen LogP contribution in [0.15, 0.2) is 91.3 Å². The standard InChI is InChI=1S/C37H39N7O4/c1-23(2)33(43-37(47)48-3)35(46)44-19-7-10-31(44)34-38-21-29(40-34)27-15-11-25(12-16-27)26-13-17-28(18-14-26)30-22-39-36(41-30)42-32(45)20-24-8-5-4-6-9-24/h4-6,8-9,11-18,21-23,31,33H,7,10,19-20H2,1-3H3,(H,38,40)(H,43,47)(H2,39,41,42,45). The minimum absolute atomic E-state index is 0.0947. The normalized spacial score (nSPS) is 14.9. The summed E-state index contributed by atoms with van der Waals surface area (Å²) in [6.45, 7) is 4.41. The van der Waals surface area contributed by atoms with Crippen molar-refractivity contribution in [3.05, 3.63) is 103 Å². The van der Waals surface area contributed by atoms with Crippen LogP contribution in [0.4, 0.5) is 10.7 Å². The molecule has 48 heavy (non-hydrogen) atoms. The number of benzene rings is 3. The van der Waals surface area contributed by atoms with E-state index >= 15 is 0 Å². The van der Waals surface area contributed by atoms with Gasteiger partial charge in [0.1, 0.15) is 11.9 Å². The molecule has 1 aliphatic rings. The highest BCUT2D eigenvalue weighted by Gasteiger charge is 2.37. The number of anilines is 1. The van der Waals surface area contributed by atoms with Crippen molar-refractivity contribution in [3.63, 3.8) is 0 Å². The maximum absolute atomic E-state index is 13.5. The zero-order chi connectivity index (χ0) is 33.6. The number of carbonyl (C=O) groups excluding carboxylic acids is 3. The summed E-state index contributed by atoms with van der Waals surface area (Å²) in [6, 6.07) is 25.1. The molecule has 3 aromatic carbocycles. The van der Waals surface area contributed by atoms with Gasteiger partial charge in [-0.1, -0.05) is 92.7 Å². The number of rotatable bonds is 10. The molecule has 3 heterocycles. The molecule has 1 aliphatic heterocycles. The summed E-state index contributed by atoms with van der Waals surface area (Å²) < 4.78 is 4.74. The zero-order valence-corrected chi connectivity index (χ0v) is 27.2. The summed E-state index contributed by atoms with van der Waals surface area (Å²) in [4.78, 5) is 55.2. The average molecular weight is 646 g/mol. The van der Waals surface area contributed by atoms with Crippen molar-refractivity contribution in [2.75, 3.05) is 19.0 Å². The van der Waals surface area contributed by atoms with E-state index in [1.54, 1.807) is 12.4 Å². The predicted molar refractivity (Wildman–Crippen MR) is 184 cm³/mol. The fourth-order valence-electron chi connectivity index (χ4n) is 6.02. The molecule has 0 aliphatic carbocycles. The summed E-state index contributed by atoms with van der Waals surface area (Å²) in [5.41, 5.74) is 6.68. The Kier molecular flexibility index (Phi) is 9.65. The maximum atomic E-state index is 13.5. The molecule has 4 N–H and O–H groups in total. The molecule has 0 bridgehead atoms. The number of alkyl carbamates (subject to hydrolysis) is 1. The van der Waals surface area contributed by atoms with E-state index in [1.165, 1.54) is 7.11 Å². The van der Waals surface area contributed by atoms with Crippen molar-refractivity contribution < 1.29 is 19.1 Å². The Hall–Kier alpha value is -5.71. The van der Waals surface area contributed by atoms with Crippen LogP contribution >= 0.6 is 0 Å². The Balaban J connectivity index is 1.09. The number of ether oxygens (including phenoxy) is 1. The number of methoxy groups -OCH3 is 1. The van der Waals surface area contributed by atoms with E-state index in [9.17, 15) is 14.4 Å². The molecule has 5 aromatic rings. The van der Waals surface area contributed by atoms with Gasteiger partial charge in [-0.2, -0.15) is 0 Å². The van der Waals surface area contributed by atoms with Crippen LogP contribution in [0.5, 0.6) is 0 Å². The Bertz CT molecular complexity index is 1860. The number of amides is 3. The Labute approximate surface area is 279 Å². The first kappa shape index (κ1) is 32.2. The fraction of sp³-hybridized carbons (Fsp3) is 0.270. The van der Waals surface area contributed by atoms with Gasteiger partial charge in [0.05, 0.1) is 43.4 Å². The van der Waals surface area contributed by atoms with Crippen molar-refractivity contribution in [3.8, 4) is 33.6 Å². The van der Waals surface area contributed by atoms with Crippen molar-refractivity contribution in [2.45, 2.75) is 45.2 Å². The Morgan fingerprint density at radius 2 is 1.46 bits per heavy atom. The molecule has 0 radical (unpaired) electrons. The topological polar surface area (TPSA) is 145 Å². The highest BCUT2D eigenvalue weighted by Crippen LogP contribution is 2.33. The van der Waals surface area contributed by atoms with Gasteiger partial charge in [0.25, 0.3) is 0 Å². The molecule has 11 nitrogen and oxygen atoms in total. The van der Waals surface area contributed by atoms with E-state index in [1.807, 2.05) is 73.3 Å². The Morgan fingerprint density at radius 3 is 2.08 bits per heavy atom. The molecule has 2 atom stereocenters. The lowest BCUT2D eigenvalue weighted by molar-refractivity contribution is -0.135. The van der Waals surface area contributed by atoms with Gasteiger partial charge in [-0.15, -0.1) is 0 Å². The molecular weight excluding hydrogens is 606 g/mol. The molecule has 2 aromatic heterocycles. The minimum atomic E-state index is -0.677. The lowest BCUT2D eigenvalue weighted by Gasteiger charge is -2.30. The van der Waals surface area contributed by atoms with E-state index in [4.69, 9.17) is 4.74 Å². The predicted octanol–water partition coefficient (Wildman–Crippen LogP) is 6.36. The van der Waals surface area contributed by atoms with Crippen LogP contribution < -0.4 is 10.6 Å². The van der Waals surface area contributed by atoms with Crippen LogP contribution in [0.25, 0.3) is 33.6 Å². The summed E-state index contributed by atoms with van der Waals surface area (Å²) in [7, 11) is 1.29. The summed E-state index contributed by atoms with van der Waals surface area (Å²) >= 11 is 0. The first-order chi connectivity index (χ1) is 23.3. The molecule has 3 amide bonds. The molecular formula is C37H39N7O4. The Morgan fingerprint density at radius 1 is 0.854 bits per heavy atom. The minimum Gasteiger partial charge on any atom is -0.453 e. The van der Waals surface area contributed by atoms with Crippen LogP contribution in [0.3, 0.4) is 0 Å². The second-order valence-corrected chi connectivity index (χ2v) is 12.2. The molecule has 0 saturated carbocycles. The third kappa shape index (κ3) is 7.30. The number of likely N-dealkylation sites (tertiary alicyclic amines) is 1. The van der Waals surface area contributed by atoms with Crippen LogP contribution in [0.1, 0.15) is 44.1 Å². The lowest BCUT2D eigenvalue weighted by Crippen LogP contribution is -2.51. The molecule has 11 heteroatoms. The van der Waals surface area contributed by atoms with Crippen LogP contribution in [-0.2, 0) is 20.7 Å². The molecule has 1 fully saturated rings. The van der Waals surface area contributed by atoms with E-state index in [0.717, 1.165) is 57.9 Å². The monoisotopic (exact) mass is 645 g/mol. The summed E-state index contributed by atoms with van der Waals surface area (Å²) in [5, 5.41) is 5.52. The first-order valence-corrected chi connectivity index (χ1v) is 16.1. The van der Waals surface area contributed by atoms with Crippen LogP contribution in [-0.4, -0.2) is 62.4 Å². The van der Waals surface area contributed by atoms with E-state index in [-0.39, 0.29) is 30.2 Å². The molecule has 6 rings (SSSR count). The van der Waals surface area contributed by atoms with Gasteiger partial charge < -0.3 is 24.9 Å². The second-order valence-electron chi connectivity index (χ2n) is 12.2. The van der Waals surface area contributed by atoms with Crippen LogP contribution in [0.2, 0.25) is 0 Å². The number of H-pyrrole nitrogens is 2. The van der Waals surface area contributed by atoms with Gasteiger partial charge in [-0.3, -0.25) is 14.9 Å². The van der Waals surface area contributed by atoms with E-state index < -0.39 is 12.1 Å². The number of aromatic amines is 2. The highest BCUT2D eigenvalue weighted by atomic mass is 16.5. The average Bonchev–Trinajstić information content (AvgIpc) is 3.89. The van der Waals surface area contributed by atoms with E-state index in [2.05, 4.69) is 54.8 Å². The molecule has 246 valence electrons.